The Morgan fingerprint density at radius 3 is 2.24 bits per heavy atom. The van der Waals surface area contributed by atoms with Gasteiger partial charge >= 0.3 is 0 Å². The number of sulfonamides is 1. The molecule has 0 radical (unpaired) electrons. The van der Waals surface area contributed by atoms with Gasteiger partial charge in [-0.05, 0) is 79.3 Å². The average Bonchev–Trinajstić information content (AvgIpc) is 2.88. The Kier molecular flexibility index (Phi) is 8.87. The van der Waals surface area contributed by atoms with Crippen molar-refractivity contribution in [3.8, 4) is 0 Å². The fourth-order valence-corrected chi connectivity index (χ4v) is 5.82. The van der Waals surface area contributed by atoms with Crippen LogP contribution in [0.3, 0.4) is 0 Å². The SMILES string of the molecule is CS(=O)(=O)Nc1cccc(C(=O)N[C@H](C(=O)Nc2ccc(C3CCOCC3)cc2)[C@H]2CC[C@H](C)CC2)c1. The van der Waals surface area contributed by atoms with Crippen molar-refractivity contribution < 1.29 is 22.7 Å². The molecule has 1 heterocycles. The first-order valence-corrected chi connectivity index (χ1v) is 14.9. The quantitative estimate of drug-likeness (QED) is 0.467. The number of carbonyl (C=O) groups excluding carboxylic acids is 2. The first-order valence-electron chi connectivity index (χ1n) is 13.1. The molecular formula is C28H37N3O5S. The molecule has 0 unspecified atom stereocenters. The van der Waals surface area contributed by atoms with Gasteiger partial charge in [-0.3, -0.25) is 14.3 Å². The highest BCUT2D eigenvalue weighted by Crippen LogP contribution is 2.32. The number of hydrogen-bond acceptors (Lipinski definition) is 5. The van der Waals surface area contributed by atoms with Crippen molar-refractivity contribution in [2.45, 2.75) is 57.4 Å². The van der Waals surface area contributed by atoms with Gasteiger partial charge < -0.3 is 15.4 Å². The van der Waals surface area contributed by atoms with E-state index in [2.05, 4.69) is 34.4 Å². The van der Waals surface area contributed by atoms with Gasteiger partial charge in [0.1, 0.15) is 6.04 Å². The lowest BCUT2D eigenvalue weighted by molar-refractivity contribution is -0.119. The maximum absolute atomic E-state index is 13.5. The molecule has 1 aliphatic carbocycles. The molecule has 1 saturated heterocycles. The van der Waals surface area contributed by atoms with Gasteiger partial charge in [-0.2, -0.15) is 0 Å². The van der Waals surface area contributed by atoms with E-state index in [1.807, 2.05) is 12.1 Å². The molecule has 2 amide bonds. The van der Waals surface area contributed by atoms with Gasteiger partial charge in [-0.25, -0.2) is 8.42 Å². The molecule has 9 heteroatoms. The van der Waals surface area contributed by atoms with E-state index >= 15 is 0 Å². The standard InChI is InChI=1S/C28H37N3O5S/c1-19-6-8-22(9-7-19)26(30-27(32)23-4-3-5-25(18-23)31-37(2,34)35)28(33)29-24-12-10-20(11-13-24)21-14-16-36-17-15-21/h3-5,10-13,18-19,21-22,26,31H,6-9,14-17H2,1-2H3,(H,29,33)(H,30,32)/t19-,22-,26-/m0/s1. The summed E-state index contributed by atoms with van der Waals surface area (Å²) in [7, 11) is -3.48. The summed E-state index contributed by atoms with van der Waals surface area (Å²) < 4.78 is 31.0. The number of benzene rings is 2. The average molecular weight is 528 g/mol. The number of nitrogens with one attached hydrogen (secondary N) is 3. The Morgan fingerprint density at radius 2 is 1.59 bits per heavy atom. The Bertz CT molecular complexity index is 1180. The van der Waals surface area contributed by atoms with Crippen molar-refractivity contribution in [2.75, 3.05) is 29.5 Å². The number of carbonyl (C=O) groups is 2. The van der Waals surface area contributed by atoms with Crippen LogP contribution in [-0.4, -0.2) is 45.7 Å². The first kappa shape index (κ1) is 27.1. The molecule has 1 atom stereocenters. The fraction of sp³-hybridized carbons (Fsp3) is 0.500. The van der Waals surface area contributed by atoms with Crippen LogP contribution < -0.4 is 15.4 Å². The predicted octanol–water partition coefficient (Wildman–Crippen LogP) is 4.52. The molecule has 1 aliphatic heterocycles. The van der Waals surface area contributed by atoms with Crippen molar-refractivity contribution >= 4 is 33.2 Å². The molecule has 200 valence electrons. The van der Waals surface area contributed by atoms with Crippen molar-refractivity contribution in [3.63, 3.8) is 0 Å². The van der Waals surface area contributed by atoms with E-state index in [1.165, 1.54) is 11.6 Å². The lowest BCUT2D eigenvalue weighted by atomic mass is 9.79. The van der Waals surface area contributed by atoms with Crippen LogP contribution in [0, 0.1) is 11.8 Å². The second kappa shape index (κ2) is 12.1. The Hall–Kier alpha value is -2.91. The maximum Gasteiger partial charge on any atom is 0.252 e. The van der Waals surface area contributed by atoms with Crippen molar-refractivity contribution in [3.05, 3.63) is 59.7 Å². The van der Waals surface area contributed by atoms with Crippen LogP contribution in [0.5, 0.6) is 0 Å². The zero-order valence-electron chi connectivity index (χ0n) is 21.5. The van der Waals surface area contributed by atoms with Crippen LogP contribution in [-0.2, 0) is 19.6 Å². The summed E-state index contributed by atoms with van der Waals surface area (Å²) in [4.78, 5) is 26.6. The van der Waals surface area contributed by atoms with Crippen LogP contribution in [0.1, 0.15) is 67.3 Å². The molecule has 8 nitrogen and oxygen atoms in total. The summed E-state index contributed by atoms with van der Waals surface area (Å²) in [5, 5.41) is 5.96. The Morgan fingerprint density at radius 1 is 0.919 bits per heavy atom. The highest BCUT2D eigenvalue weighted by atomic mass is 32.2. The van der Waals surface area contributed by atoms with Crippen molar-refractivity contribution in [2.24, 2.45) is 11.8 Å². The van der Waals surface area contributed by atoms with E-state index in [-0.39, 0.29) is 17.4 Å². The Labute approximate surface area is 219 Å². The fourth-order valence-electron chi connectivity index (χ4n) is 5.27. The van der Waals surface area contributed by atoms with E-state index in [0.29, 0.717) is 23.2 Å². The first-order chi connectivity index (χ1) is 17.7. The second-order valence-corrected chi connectivity index (χ2v) is 12.2. The summed E-state index contributed by atoms with van der Waals surface area (Å²) in [6.07, 6.45) is 6.80. The van der Waals surface area contributed by atoms with E-state index in [4.69, 9.17) is 4.74 Å². The topological polar surface area (TPSA) is 114 Å². The van der Waals surface area contributed by atoms with Gasteiger partial charge in [0.05, 0.1) is 6.26 Å². The highest BCUT2D eigenvalue weighted by molar-refractivity contribution is 7.92. The molecule has 0 bridgehead atoms. The van der Waals surface area contributed by atoms with Gasteiger partial charge in [0, 0.05) is 30.2 Å². The normalized spacial score (nSPS) is 21.6. The minimum Gasteiger partial charge on any atom is -0.381 e. The van der Waals surface area contributed by atoms with E-state index in [1.54, 1.807) is 18.2 Å². The minimum absolute atomic E-state index is 0.0268. The van der Waals surface area contributed by atoms with E-state index in [9.17, 15) is 18.0 Å². The van der Waals surface area contributed by atoms with Gasteiger partial charge in [0.15, 0.2) is 0 Å². The molecule has 0 spiro atoms. The summed E-state index contributed by atoms with van der Waals surface area (Å²) in [5.41, 5.74) is 2.53. The van der Waals surface area contributed by atoms with Crippen molar-refractivity contribution in [1.29, 1.82) is 0 Å². The molecule has 37 heavy (non-hydrogen) atoms. The monoisotopic (exact) mass is 527 g/mol. The zero-order chi connectivity index (χ0) is 26.4. The van der Waals surface area contributed by atoms with E-state index < -0.39 is 22.0 Å². The van der Waals surface area contributed by atoms with Crippen LogP contribution in [0.15, 0.2) is 48.5 Å². The minimum atomic E-state index is -3.48. The third-order valence-corrected chi connectivity index (χ3v) is 8.01. The summed E-state index contributed by atoms with van der Waals surface area (Å²) in [6, 6.07) is 13.5. The molecule has 2 fully saturated rings. The summed E-state index contributed by atoms with van der Waals surface area (Å²) >= 11 is 0. The summed E-state index contributed by atoms with van der Waals surface area (Å²) in [6.45, 7) is 3.76. The van der Waals surface area contributed by atoms with Gasteiger partial charge in [0.2, 0.25) is 15.9 Å². The molecule has 3 N–H and O–H groups in total. The lowest BCUT2D eigenvalue weighted by Gasteiger charge is -2.32. The molecule has 1 saturated carbocycles. The number of ether oxygens (including phenoxy) is 1. The van der Waals surface area contributed by atoms with Gasteiger partial charge in [-0.1, -0.05) is 38.0 Å². The molecule has 2 aromatic carbocycles. The third-order valence-electron chi connectivity index (χ3n) is 7.40. The number of hydrogen-bond donors (Lipinski definition) is 3. The second-order valence-electron chi connectivity index (χ2n) is 10.4. The smallest absolute Gasteiger partial charge is 0.252 e. The largest absolute Gasteiger partial charge is 0.381 e. The van der Waals surface area contributed by atoms with Crippen LogP contribution >= 0.6 is 0 Å². The molecular weight excluding hydrogens is 490 g/mol. The number of amides is 2. The van der Waals surface area contributed by atoms with Gasteiger partial charge in [0.25, 0.3) is 5.91 Å². The van der Waals surface area contributed by atoms with Crippen molar-refractivity contribution in [1.82, 2.24) is 5.32 Å². The van der Waals surface area contributed by atoms with Crippen LogP contribution in [0.4, 0.5) is 11.4 Å². The zero-order valence-corrected chi connectivity index (χ0v) is 22.4. The number of anilines is 2. The molecule has 2 aromatic rings. The molecule has 2 aliphatic rings. The maximum atomic E-state index is 13.5. The summed E-state index contributed by atoms with van der Waals surface area (Å²) in [5.74, 6) is 0.455. The molecule has 0 aromatic heterocycles. The van der Waals surface area contributed by atoms with E-state index in [0.717, 1.165) is 58.0 Å². The third kappa shape index (κ3) is 7.79. The molecule has 4 rings (SSSR count). The van der Waals surface area contributed by atoms with Gasteiger partial charge in [-0.15, -0.1) is 0 Å². The van der Waals surface area contributed by atoms with Crippen LogP contribution in [0.25, 0.3) is 0 Å². The highest BCUT2D eigenvalue weighted by Gasteiger charge is 2.33. The Balaban J connectivity index is 1.47. The predicted molar refractivity (Wildman–Crippen MR) is 145 cm³/mol. The number of rotatable bonds is 8. The lowest BCUT2D eigenvalue weighted by Crippen LogP contribution is -2.49. The van der Waals surface area contributed by atoms with Crippen LogP contribution in [0.2, 0.25) is 0 Å².